The molecule has 0 aromatic carbocycles. The van der Waals surface area contributed by atoms with Crippen LogP contribution in [0.3, 0.4) is 0 Å². The van der Waals surface area contributed by atoms with Gasteiger partial charge in [0, 0.05) is 18.8 Å². The number of nitrogens with two attached hydrogens (primary N) is 1. The lowest BCUT2D eigenvalue weighted by molar-refractivity contribution is 0.472. The van der Waals surface area contributed by atoms with Gasteiger partial charge in [0.25, 0.3) is 0 Å². The SMILES string of the molecule is CN(c1nc2c(cc1C#N)CCC2)C1CCCC1CN. The summed E-state index contributed by atoms with van der Waals surface area (Å²) in [7, 11) is 2.07. The molecule has 0 bridgehead atoms. The van der Waals surface area contributed by atoms with Crippen LogP contribution >= 0.6 is 0 Å². The fraction of sp³-hybridized carbons (Fsp3) is 0.625. The van der Waals surface area contributed by atoms with E-state index in [0.29, 0.717) is 12.0 Å². The van der Waals surface area contributed by atoms with Gasteiger partial charge in [-0.05, 0) is 56.2 Å². The molecular weight excluding hydrogens is 248 g/mol. The number of nitriles is 1. The van der Waals surface area contributed by atoms with E-state index in [1.807, 2.05) is 6.07 Å². The van der Waals surface area contributed by atoms with E-state index in [2.05, 4.69) is 18.0 Å². The third kappa shape index (κ3) is 2.16. The third-order valence-electron chi connectivity index (χ3n) is 4.90. The predicted octanol–water partition coefficient (Wildman–Crippen LogP) is 2.01. The number of hydrogen-bond donors (Lipinski definition) is 1. The van der Waals surface area contributed by atoms with Crippen molar-refractivity contribution in [2.75, 3.05) is 18.5 Å². The van der Waals surface area contributed by atoms with E-state index >= 15 is 0 Å². The number of fused-ring (bicyclic) bond motifs is 1. The molecular formula is C16H22N4. The maximum absolute atomic E-state index is 9.42. The fourth-order valence-corrected chi connectivity index (χ4v) is 3.77. The molecule has 4 nitrogen and oxygen atoms in total. The van der Waals surface area contributed by atoms with Crippen LogP contribution in [0.5, 0.6) is 0 Å². The van der Waals surface area contributed by atoms with Crippen LogP contribution in [0.2, 0.25) is 0 Å². The van der Waals surface area contributed by atoms with Crippen molar-refractivity contribution in [3.63, 3.8) is 0 Å². The summed E-state index contributed by atoms with van der Waals surface area (Å²) in [6.45, 7) is 0.724. The lowest BCUT2D eigenvalue weighted by atomic mass is 10.0. The summed E-state index contributed by atoms with van der Waals surface area (Å²) in [5.41, 5.74) is 9.06. The van der Waals surface area contributed by atoms with Gasteiger partial charge < -0.3 is 10.6 Å². The topological polar surface area (TPSA) is 65.9 Å². The molecule has 3 rings (SSSR count). The van der Waals surface area contributed by atoms with Gasteiger partial charge in [-0.25, -0.2) is 4.98 Å². The minimum Gasteiger partial charge on any atom is -0.355 e. The molecule has 0 saturated heterocycles. The smallest absolute Gasteiger partial charge is 0.146 e. The monoisotopic (exact) mass is 270 g/mol. The van der Waals surface area contributed by atoms with Gasteiger partial charge in [0.05, 0.1) is 5.56 Å². The highest BCUT2D eigenvalue weighted by molar-refractivity contribution is 5.57. The van der Waals surface area contributed by atoms with E-state index in [1.54, 1.807) is 0 Å². The Bertz CT molecular complexity index is 546. The molecule has 2 N–H and O–H groups in total. The Labute approximate surface area is 120 Å². The Kier molecular flexibility index (Phi) is 3.62. The summed E-state index contributed by atoms with van der Waals surface area (Å²) in [5.74, 6) is 1.39. The van der Waals surface area contributed by atoms with Crippen molar-refractivity contribution in [3.05, 3.63) is 22.9 Å². The van der Waals surface area contributed by atoms with Crippen molar-refractivity contribution >= 4 is 5.82 Å². The largest absolute Gasteiger partial charge is 0.355 e. The first-order valence-electron chi connectivity index (χ1n) is 7.60. The molecule has 2 atom stereocenters. The van der Waals surface area contributed by atoms with Crippen molar-refractivity contribution < 1.29 is 0 Å². The highest BCUT2D eigenvalue weighted by Crippen LogP contribution is 2.33. The van der Waals surface area contributed by atoms with Gasteiger partial charge in [0.2, 0.25) is 0 Å². The number of aromatic nitrogens is 1. The van der Waals surface area contributed by atoms with Crippen molar-refractivity contribution in [2.24, 2.45) is 11.7 Å². The normalized spacial score (nSPS) is 24.4. The Balaban J connectivity index is 1.95. The van der Waals surface area contributed by atoms with Crippen molar-refractivity contribution in [1.82, 2.24) is 4.98 Å². The predicted molar refractivity (Wildman–Crippen MR) is 79.6 cm³/mol. The highest BCUT2D eigenvalue weighted by atomic mass is 15.2. The first-order chi connectivity index (χ1) is 9.74. The summed E-state index contributed by atoms with van der Waals surface area (Å²) in [4.78, 5) is 7.01. The summed E-state index contributed by atoms with van der Waals surface area (Å²) >= 11 is 0. The summed E-state index contributed by atoms with van der Waals surface area (Å²) in [6.07, 6.45) is 6.85. The second-order valence-electron chi connectivity index (χ2n) is 6.04. The molecule has 0 spiro atoms. The van der Waals surface area contributed by atoms with Gasteiger partial charge in [0.15, 0.2) is 0 Å². The number of aryl methyl sites for hydroxylation is 2. The Hall–Kier alpha value is -1.60. The van der Waals surface area contributed by atoms with Crippen LogP contribution in [0.25, 0.3) is 0 Å². The first-order valence-corrected chi connectivity index (χ1v) is 7.60. The molecule has 0 aliphatic heterocycles. The minimum absolute atomic E-state index is 0.430. The lowest BCUT2D eigenvalue weighted by Gasteiger charge is -2.31. The standard InChI is InChI=1S/C16H22N4/c1-20(15-7-3-5-12(15)9-17)16-13(10-18)8-11-4-2-6-14(11)19-16/h8,12,15H,2-7,9,17H2,1H3. The first kappa shape index (κ1) is 13.4. The average Bonchev–Trinajstić information content (AvgIpc) is 3.12. The van der Waals surface area contributed by atoms with Gasteiger partial charge in [-0.2, -0.15) is 5.26 Å². The quantitative estimate of drug-likeness (QED) is 0.912. The molecule has 2 unspecified atom stereocenters. The Morgan fingerprint density at radius 2 is 2.25 bits per heavy atom. The van der Waals surface area contributed by atoms with Gasteiger partial charge in [0.1, 0.15) is 11.9 Å². The van der Waals surface area contributed by atoms with E-state index in [1.165, 1.54) is 24.1 Å². The molecule has 0 radical (unpaired) electrons. The summed E-state index contributed by atoms with van der Waals surface area (Å²) in [5, 5.41) is 9.42. The summed E-state index contributed by atoms with van der Waals surface area (Å²) in [6, 6.07) is 4.81. The Morgan fingerprint density at radius 1 is 1.40 bits per heavy atom. The van der Waals surface area contributed by atoms with Crippen LogP contribution < -0.4 is 10.6 Å². The average molecular weight is 270 g/mol. The van der Waals surface area contributed by atoms with E-state index < -0.39 is 0 Å². The van der Waals surface area contributed by atoms with Gasteiger partial charge in [-0.1, -0.05) is 6.42 Å². The zero-order chi connectivity index (χ0) is 14.1. The lowest BCUT2D eigenvalue weighted by Crippen LogP contribution is -2.38. The molecule has 4 heteroatoms. The van der Waals surface area contributed by atoms with Crippen LogP contribution in [0.4, 0.5) is 5.82 Å². The molecule has 20 heavy (non-hydrogen) atoms. The van der Waals surface area contributed by atoms with Crippen molar-refractivity contribution in [3.8, 4) is 6.07 Å². The zero-order valence-corrected chi connectivity index (χ0v) is 12.1. The van der Waals surface area contributed by atoms with E-state index in [-0.39, 0.29) is 0 Å². The number of hydrogen-bond acceptors (Lipinski definition) is 4. The second-order valence-corrected chi connectivity index (χ2v) is 6.04. The molecule has 0 amide bonds. The number of pyridine rings is 1. The van der Waals surface area contributed by atoms with Crippen LogP contribution in [-0.4, -0.2) is 24.6 Å². The molecule has 1 aromatic heterocycles. The van der Waals surface area contributed by atoms with Crippen LogP contribution in [0.15, 0.2) is 6.07 Å². The number of rotatable bonds is 3. The van der Waals surface area contributed by atoms with E-state index in [9.17, 15) is 5.26 Å². The van der Waals surface area contributed by atoms with Gasteiger partial charge in [-0.15, -0.1) is 0 Å². The fourth-order valence-electron chi connectivity index (χ4n) is 3.77. The third-order valence-corrected chi connectivity index (χ3v) is 4.90. The maximum atomic E-state index is 9.42. The zero-order valence-electron chi connectivity index (χ0n) is 12.1. The van der Waals surface area contributed by atoms with Gasteiger partial charge >= 0.3 is 0 Å². The molecule has 106 valence electrons. The molecule has 2 aliphatic carbocycles. The maximum Gasteiger partial charge on any atom is 0.146 e. The molecule has 1 heterocycles. The number of anilines is 1. The van der Waals surface area contributed by atoms with Crippen molar-refractivity contribution in [1.29, 1.82) is 5.26 Å². The summed E-state index contributed by atoms with van der Waals surface area (Å²) < 4.78 is 0. The van der Waals surface area contributed by atoms with Gasteiger partial charge in [-0.3, -0.25) is 0 Å². The minimum atomic E-state index is 0.430. The van der Waals surface area contributed by atoms with Crippen molar-refractivity contribution in [2.45, 2.75) is 44.6 Å². The molecule has 1 fully saturated rings. The molecule has 1 aromatic rings. The van der Waals surface area contributed by atoms with E-state index in [0.717, 1.165) is 43.6 Å². The number of nitrogens with zero attached hydrogens (tertiary/aromatic N) is 3. The van der Waals surface area contributed by atoms with Crippen LogP contribution in [-0.2, 0) is 12.8 Å². The highest BCUT2D eigenvalue weighted by Gasteiger charge is 2.31. The van der Waals surface area contributed by atoms with E-state index in [4.69, 9.17) is 10.7 Å². The Morgan fingerprint density at radius 3 is 3.00 bits per heavy atom. The molecule has 1 saturated carbocycles. The second kappa shape index (κ2) is 5.41. The molecule has 2 aliphatic rings. The van der Waals surface area contributed by atoms with Crippen LogP contribution in [0, 0.1) is 17.2 Å². The van der Waals surface area contributed by atoms with Crippen LogP contribution in [0.1, 0.15) is 42.5 Å².